The summed E-state index contributed by atoms with van der Waals surface area (Å²) in [6.07, 6.45) is 33.1. The summed E-state index contributed by atoms with van der Waals surface area (Å²) < 4.78 is 17.3. The first-order valence-corrected chi connectivity index (χ1v) is 22.2. The maximum absolute atomic E-state index is 12.7. The average molecular weight is 769 g/mol. The van der Waals surface area contributed by atoms with Crippen LogP contribution < -0.4 is 19.6 Å². The molecule has 308 valence electrons. The molecule has 7 nitrogen and oxygen atoms in total. The summed E-state index contributed by atoms with van der Waals surface area (Å²) in [7, 11) is 0. The number of hydrogen-bond donors (Lipinski definition) is 1. The predicted octanol–water partition coefficient (Wildman–Crippen LogP) is 13.8. The number of ether oxygens (including phenoxy) is 3. The molecule has 0 unspecified atom stereocenters. The second-order valence-electron chi connectivity index (χ2n) is 15.2. The highest BCUT2D eigenvalue weighted by Crippen LogP contribution is 2.19. The molecule has 0 saturated heterocycles. The SMILES string of the molecule is CCCCCCCCCCCCCCOc1ccc(C(=O)N/N=C/c2ccc(OC(=O)c3ccc(OCCCCCCCCCCCCCC)cc3)cc2)cc1. The molecule has 0 aliphatic rings. The number of hydrazone groups is 1. The van der Waals surface area contributed by atoms with E-state index in [-0.39, 0.29) is 5.91 Å². The minimum Gasteiger partial charge on any atom is -0.494 e. The molecule has 0 bridgehead atoms. The Kier molecular flexibility index (Phi) is 25.6. The van der Waals surface area contributed by atoms with E-state index in [4.69, 9.17) is 14.2 Å². The van der Waals surface area contributed by atoms with Crippen molar-refractivity contribution >= 4 is 18.1 Å². The van der Waals surface area contributed by atoms with Crippen LogP contribution in [-0.4, -0.2) is 31.3 Å². The number of rotatable bonds is 33. The molecule has 0 aromatic heterocycles. The second kappa shape index (κ2) is 31.0. The van der Waals surface area contributed by atoms with Crippen molar-refractivity contribution in [2.75, 3.05) is 13.2 Å². The van der Waals surface area contributed by atoms with Gasteiger partial charge < -0.3 is 14.2 Å². The number of amides is 1. The van der Waals surface area contributed by atoms with Gasteiger partial charge in [0.2, 0.25) is 0 Å². The van der Waals surface area contributed by atoms with Crippen LogP contribution in [0.1, 0.15) is 194 Å². The Hall–Kier alpha value is -4.13. The van der Waals surface area contributed by atoms with E-state index in [9.17, 15) is 9.59 Å². The molecule has 0 radical (unpaired) electrons. The molecule has 1 N–H and O–H groups in total. The van der Waals surface area contributed by atoms with Gasteiger partial charge in [-0.1, -0.05) is 155 Å². The number of hydrogen-bond acceptors (Lipinski definition) is 6. The molecule has 0 aliphatic heterocycles. The maximum atomic E-state index is 12.7. The molecule has 1 amide bonds. The summed E-state index contributed by atoms with van der Waals surface area (Å²) in [5.41, 5.74) is 4.27. The van der Waals surface area contributed by atoms with E-state index in [1.807, 2.05) is 24.3 Å². The Morgan fingerprint density at radius 3 is 1.23 bits per heavy atom. The molecular formula is C49H72N2O5. The van der Waals surface area contributed by atoms with Crippen LogP contribution in [-0.2, 0) is 0 Å². The summed E-state index contributed by atoms with van der Waals surface area (Å²) in [6, 6.07) is 21.1. The van der Waals surface area contributed by atoms with Gasteiger partial charge in [0, 0.05) is 5.56 Å². The van der Waals surface area contributed by atoms with E-state index < -0.39 is 5.97 Å². The topological polar surface area (TPSA) is 86.2 Å². The summed E-state index contributed by atoms with van der Waals surface area (Å²) in [6.45, 7) is 5.91. The lowest BCUT2D eigenvalue weighted by Gasteiger charge is -2.08. The minimum absolute atomic E-state index is 0.305. The van der Waals surface area contributed by atoms with Gasteiger partial charge in [-0.25, -0.2) is 10.2 Å². The van der Waals surface area contributed by atoms with Crippen LogP contribution in [0.4, 0.5) is 0 Å². The molecule has 3 aromatic rings. The molecule has 0 heterocycles. The van der Waals surface area contributed by atoms with Gasteiger partial charge in [0.25, 0.3) is 5.91 Å². The number of nitrogens with one attached hydrogen (secondary N) is 1. The number of carbonyl (C=O) groups excluding carboxylic acids is 2. The van der Waals surface area contributed by atoms with E-state index in [1.165, 1.54) is 141 Å². The van der Waals surface area contributed by atoms with Crippen LogP contribution in [0, 0.1) is 0 Å². The van der Waals surface area contributed by atoms with Crippen molar-refractivity contribution in [2.45, 2.75) is 168 Å². The van der Waals surface area contributed by atoms with Crippen molar-refractivity contribution in [3.8, 4) is 17.2 Å². The first-order valence-electron chi connectivity index (χ1n) is 22.2. The lowest BCUT2D eigenvalue weighted by atomic mass is 10.1. The molecule has 0 fully saturated rings. The van der Waals surface area contributed by atoms with Gasteiger partial charge in [0.15, 0.2) is 0 Å². The van der Waals surface area contributed by atoms with Crippen molar-refractivity contribution in [3.63, 3.8) is 0 Å². The van der Waals surface area contributed by atoms with Gasteiger partial charge in [0.1, 0.15) is 17.2 Å². The highest BCUT2D eigenvalue weighted by Gasteiger charge is 2.09. The minimum atomic E-state index is -0.438. The fourth-order valence-corrected chi connectivity index (χ4v) is 6.67. The van der Waals surface area contributed by atoms with Crippen LogP contribution >= 0.6 is 0 Å². The average Bonchev–Trinajstić information content (AvgIpc) is 3.22. The predicted molar refractivity (Wildman–Crippen MR) is 232 cm³/mol. The highest BCUT2D eigenvalue weighted by atomic mass is 16.5. The van der Waals surface area contributed by atoms with Crippen LogP contribution in [0.2, 0.25) is 0 Å². The van der Waals surface area contributed by atoms with Gasteiger partial charge in [-0.15, -0.1) is 0 Å². The molecular weight excluding hydrogens is 697 g/mol. The van der Waals surface area contributed by atoms with Gasteiger partial charge in [-0.05, 0) is 91.2 Å². The van der Waals surface area contributed by atoms with Gasteiger partial charge in [0.05, 0.1) is 25.0 Å². The van der Waals surface area contributed by atoms with Crippen molar-refractivity contribution in [1.82, 2.24) is 5.43 Å². The lowest BCUT2D eigenvalue weighted by molar-refractivity contribution is 0.0734. The molecule has 7 heteroatoms. The third-order valence-corrected chi connectivity index (χ3v) is 10.2. The maximum Gasteiger partial charge on any atom is 0.343 e. The fourth-order valence-electron chi connectivity index (χ4n) is 6.67. The number of esters is 1. The number of unbranched alkanes of at least 4 members (excludes halogenated alkanes) is 22. The fraction of sp³-hybridized carbons (Fsp3) is 0.571. The zero-order chi connectivity index (χ0) is 39.7. The standard InChI is InChI=1S/C49H72N2O5/c1-3-5-7-9-11-13-15-17-19-21-23-25-39-54-45-35-29-43(30-36-45)48(52)51-50-41-42-27-33-47(34-28-42)56-49(53)44-31-37-46(38-32-44)55-40-26-24-22-20-18-16-14-12-10-8-6-4-2/h27-38,41H,3-26,39-40H2,1-2H3,(H,51,52)/b50-41+. The number of nitrogens with zero attached hydrogens (tertiary/aromatic N) is 1. The summed E-state index contributed by atoms with van der Waals surface area (Å²) >= 11 is 0. The smallest absolute Gasteiger partial charge is 0.343 e. The van der Waals surface area contributed by atoms with Crippen molar-refractivity contribution in [2.24, 2.45) is 5.10 Å². The van der Waals surface area contributed by atoms with Crippen LogP contribution in [0.3, 0.4) is 0 Å². The third kappa shape index (κ3) is 21.8. The summed E-state index contributed by atoms with van der Waals surface area (Å²) in [4.78, 5) is 25.3. The van der Waals surface area contributed by atoms with Gasteiger partial charge in [-0.3, -0.25) is 4.79 Å². The summed E-state index contributed by atoms with van der Waals surface area (Å²) in [5, 5.41) is 4.09. The van der Waals surface area contributed by atoms with Crippen molar-refractivity contribution in [3.05, 3.63) is 89.5 Å². The number of benzene rings is 3. The van der Waals surface area contributed by atoms with Crippen LogP contribution in [0.15, 0.2) is 77.9 Å². The first kappa shape index (κ1) is 46.3. The first-order chi connectivity index (χ1) is 27.6. The molecule has 0 atom stereocenters. The zero-order valence-electron chi connectivity index (χ0n) is 34.9. The Bertz CT molecular complexity index is 1450. The van der Waals surface area contributed by atoms with Crippen molar-refractivity contribution < 1.29 is 23.8 Å². The number of carbonyl (C=O) groups is 2. The van der Waals surface area contributed by atoms with E-state index >= 15 is 0 Å². The van der Waals surface area contributed by atoms with Gasteiger partial charge in [-0.2, -0.15) is 5.10 Å². The normalized spacial score (nSPS) is 11.2. The Labute approximate surface area is 339 Å². The Morgan fingerprint density at radius 2 is 0.821 bits per heavy atom. The van der Waals surface area contributed by atoms with Gasteiger partial charge >= 0.3 is 5.97 Å². The lowest BCUT2D eigenvalue weighted by Crippen LogP contribution is -2.17. The zero-order valence-corrected chi connectivity index (χ0v) is 34.9. The Morgan fingerprint density at radius 1 is 0.464 bits per heavy atom. The van der Waals surface area contributed by atoms with E-state index in [0.717, 1.165) is 29.9 Å². The summed E-state index contributed by atoms with van der Waals surface area (Å²) in [5.74, 6) is 1.20. The Balaban J connectivity index is 1.22. The van der Waals surface area contributed by atoms with Crippen molar-refractivity contribution in [1.29, 1.82) is 0 Å². The molecule has 3 aromatic carbocycles. The molecule has 3 rings (SSSR count). The quantitative estimate of drug-likeness (QED) is 0.0219. The second-order valence-corrected chi connectivity index (χ2v) is 15.2. The molecule has 0 spiro atoms. The largest absolute Gasteiger partial charge is 0.494 e. The molecule has 0 saturated carbocycles. The van der Waals surface area contributed by atoms with E-state index in [2.05, 4.69) is 24.4 Å². The molecule has 0 aliphatic carbocycles. The monoisotopic (exact) mass is 769 g/mol. The third-order valence-electron chi connectivity index (χ3n) is 10.2. The van der Waals surface area contributed by atoms with Crippen LogP contribution in [0.25, 0.3) is 0 Å². The van der Waals surface area contributed by atoms with Crippen LogP contribution in [0.5, 0.6) is 17.2 Å². The highest BCUT2D eigenvalue weighted by molar-refractivity contribution is 5.95. The van der Waals surface area contributed by atoms with E-state index in [0.29, 0.717) is 30.1 Å². The molecule has 56 heavy (non-hydrogen) atoms. The van der Waals surface area contributed by atoms with E-state index in [1.54, 1.807) is 54.7 Å².